The van der Waals surface area contributed by atoms with Crippen LogP contribution >= 0.6 is 0 Å². The topological polar surface area (TPSA) is 18.5 Å². The molecular weight excluding hydrogens is 228 g/mol. The van der Waals surface area contributed by atoms with Crippen LogP contribution in [0.15, 0.2) is 18.2 Å². The summed E-state index contributed by atoms with van der Waals surface area (Å²) in [6.45, 7) is 8.74. The van der Waals surface area contributed by atoms with Crippen LogP contribution in [0.25, 0.3) is 0 Å². The van der Waals surface area contributed by atoms with E-state index < -0.39 is 8.32 Å². The molecule has 0 amide bonds. The SMILES string of the molecule is CCCCc1ccc(O[Si](C)(C)C)c(OC)c1. The second kappa shape index (κ2) is 6.10. The predicted molar refractivity (Wildman–Crippen MR) is 75.6 cm³/mol. The van der Waals surface area contributed by atoms with E-state index in [1.807, 2.05) is 6.07 Å². The van der Waals surface area contributed by atoms with Gasteiger partial charge in [-0.05, 0) is 50.2 Å². The van der Waals surface area contributed by atoms with Crippen molar-refractivity contribution in [3.8, 4) is 11.5 Å². The zero-order valence-electron chi connectivity index (χ0n) is 11.7. The molecule has 0 aliphatic heterocycles. The van der Waals surface area contributed by atoms with E-state index in [9.17, 15) is 0 Å². The molecule has 0 radical (unpaired) electrons. The van der Waals surface area contributed by atoms with E-state index in [0.717, 1.165) is 17.9 Å². The lowest BCUT2D eigenvalue weighted by Gasteiger charge is -2.21. The number of ether oxygens (including phenoxy) is 1. The molecule has 17 heavy (non-hydrogen) atoms. The third-order valence-corrected chi connectivity index (χ3v) is 3.30. The Morgan fingerprint density at radius 3 is 2.35 bits per heavy atom. The minimum absolute atomic E-state index is 0.862. The second-order valence-corrected chi connectivity index (χ2v) is 9.73. The zero-order chi connectivity index (χ0) is 12.9. The number of hydrogen-bond acceptors (Lipinski definition) is 2. The Hall–Kier alpha value is -0.963. The van der Waals surface area contributed by atoms with Crippen LogP contribution in [0.3, 0.4) is 0 Å². The number of aryl methyl sites for hydroxylation is 1. The van der Waals surface area contributed by atoms with Gasteiger partial charge in [0.05, 0.1) is 7.11 Å². The van der Waals surface area contributed by atoms with Crippen LogP contribution < -0.4 is 9.16 Å². The zero-order valence-corrected chi connectivity index (χ0v) is 12.7. The average molecular weight is 252 g/mol. The molecule has 2 nitrogen and oxygen atoms in total. The van der Waals surface area contributed by atoms with Gasteiger partial charge in [-0.25, -0.2) is 0 Å². The van der Waals surface area contributed by atoms with Gasteiger partial charge in [0.1, 0.15) is 5.75 Å². The first-order valence-corrected chi connectivity index (χ1v) is 9.73. The van der Waals surface area contributed by atoms with Crippen molar-refractivity contribution in [2.24, 2.45) is 0 Å². The molecule has 0 saturated carbocycles. The Morgan fingerprint density at radius 1 is 1.12 bits per heavy atom. The van der Waals surface area contributed by atoms with Crippen LogP contribution in [-0.2, 0) is 6.42 Å². The molecule has 0 aromatic heterocycles. The van der Waals surface area contributed by atoms with Crippen LogP contribution in [0.5, 0.6) is 11.5 Å². The van der Waals surface area contributed by atoms with Crippen molar-refractivity contribution < 1.29 is 9.16 Å². The summed E-state index contributed by atoms with van der Waals surface area (Å²) >= 11 is 0. The number of benzene rings is 1. The molecule has 3 heteroatoms. The Morgan fingerprint density at radius 2 is 1.82 bits per heavy atom. The Bertz CT molecular complexity index is 356. The fourth-order valence-electron chi connectivity index (χ4n) is 1.66. The first kappa shape index (κ1) is 14.1. The van der Waals surface area contributed by atoms with Gasteiger partial charge in [0.25, 0.3) is 0 Å². The number of rotatable bonds is 6. The highest BCUT2D eigenvalue weighted by molar-refractivity contribution is 6.70. The van der Waals surface area contributed by atoms with Gasteiger partial charge < -0.3 is 9.16 Å². The minimum atomic E-state index is -1.57. The van der Waals surface area contributed by atoms with E-state index in [2.05, 4.69) is 38.7 Å². The van der Waals surface area contributed by atoms with Crippen molar-refractivity contribution in [3.05, 3.63) is 23.8 Å². The average Bonchev–Trinajstić information content (AvgIpc) is 2.25. The summed E-state index contributed by atoms with van der Waals surface area (Å²) in [4.78, 5) is 0. The normalized spacial score (nSPS) is 11.4. The fraction of sp³-hybridized carbons (Fsp3) is 0.571. The van der Waals surface area contributed by atoms with Crippen molar-refractivity contribution in [2.45, 2.75) is 45.8 Å². The highest BCUT2D eigenvalue weighted by Crippen LogP contribution is 2.30. The van der Waals surface area contributed by atoms with E-state index in [-0.39, 0.29) is 0 Å². The van der Waals surface area contributed by atoms with E-state index >= 15 is 0 Å². The molecule has 0 spiro atoms. The third kappa shape index (κ3) is 4.82. The molecule has 0 aliphatic carbocycles. The molecule has 0 saturated heterocycles. The summed E-state index contributed by atoms with van der Waals surface area (Å²) in [5, 5.41) is 0. The van der Waals surface area contributed by atoms with Crippen molar-refractivity contribution in [3.63, 3.8) is 0 Å². The molecule has 0 N–H and O–H groups in total. The van der Waals surface area contributed by atoms with Crippen LogP contribution in [-0.4, -0.2) is 15.4 Å². The molecule has 1 aromatic rings. The first-order chi connectivity index (χ1) is 7.96. The van der Waals surface area contributed by atoms with Gasteiger partial charge in [0.15, 0.2) is 5.75 Å². The van der Waals surface area contributed by atoms with Crippen molar-refractivity contribution in [1.29, 1.82) is 0 Å². The molecular formula is C14H24O2Si. The smallest absolute Gasteiger partial charge is 0.242 e. The standard InChI is InChI=1S/C14H24O2Si/c1-6-7-8-12-9-10-13(14(11-12)15-2)16-17(3,4)5/h9-11H,6-8H2,1-5H3. The van der Waals surface area contributed by atoms with Crippen LogP contribution in [0.4, 0.5) is 0 Å². The predicted octanol–water partition coefficient (Wildman–Crippen LogP) is 4.25. The monoisotopic (exact) mass is 252 g/mol. The van der Waals surface area contributed by atoms with Crippen LogP contribution in [0.1, 0.15) is 25.3 Å². The summed E-state index contributed by atoms with van der Waals surface area (Å²) in [5.74, 6) is 1.74. The highest BCUT2D eigenvalue weighted by Gasteiger charge is 2.18. The largest absolute Gasteiger partial charge is 0.542 e. The van der Waals surface area contributed by atoms with Crippen molar-refractivity contribution in [2.75, 3.05) is 7.11 Å². The summed E-state index contributed by atoms with van der Waals surface area (Å²) in [6, 6.07) is 6.29. The first-order valence-electron chi connectivity index (χ1n) is 6.32. The second-order valence-electron chi connectivity index (χ2n) is 5.30. The quantitative estimate of drug-likeness (QED) is 0.705. The Balaban J connectivity index is 2.85. The van der Waals surface area contributed by atoms with Gasteiger partial charge in [-0.1, -0.05) is 19.4 Å². The van der Waals surface area contributed by atoms with Gasteiger partial charge in [-0.3, -0.25) is 0 Å². The Kier molecular flexibility index (Phi) is 5.06. The summed E-state index contributed by atoms with van der Waals surface area (Å²) in [6.07, 6.45) is 3.55. The van der Waals surface area contributed by atoms with E-state index in [1.54, 1.807) is 7.11 Å². The fourth-order valence-corrected chi connectivity index (χ4v) is 2.49. The minimum Gasteiger partial charge on any atom is -0.542 e. The molecule has 0 fully saturated rings. The van der Waals surface area contributed by atoms with Gasteiger partial charge >= 0.3 is 0 Å². The molecule has 0 bridgehead atoms. The van der Waals surface area contributed by atoms with Gasteiger partial charge in [-0.2, -0.15) is 0 Å². The van der Waals surface area contributed by atoms with Gasteiger partial charge in [0.2, 0.25) is 8.32 Å². The van der Waals surface area contributed by atoms with Crippen molar-refractivity contribution >= 4 is 8.32 Å². The molecule has 1 aromatic carbocycles. The maximum absolute atomic E-state index is 6.00. The van der Waals surface area contributed by atoms with Gasteiger partial charge in [0, 0.05) is 0 Å². The number of unbranched alkanes of at least 4 members (excludes halogenated alkanes) is 1. The maximum Gasteiger partial charge on any atom is 0.242 e. The van der Waals surface area contributed by atoms with Crippen molar-refractivity contribution in [1.82, 2.24) is 0 Å². The van der Waals surface area contributed by atoms with Gasteiger partial charge in [-0.15, -0.1) is 0 Å². The Labute approximate surface area is 106 Å². The lowest BCUT2D eigenvalue weighted by Crippen LogP contribution is -2.29. The third-order valence-electron chi connectivity index (χ3n) is 2.46. The number of hydrogen-bond donors (Lipinski definition) is 0. The van der Waals surface area contributed by atoms with Crippen LogP contribution in [0.2, 0.25) is 19.6 Å². The summed E-state index contributed by atoms with van der Waals surface area (Å²) in [7, 11) is 0.136. The number of methoxy groups -OCH3 is 1. The molecule has 96 valence electrons. The molecule has 1 rings (SSSR count). The van der Waals surface area contributed by atoms with E-state index in [0.29, 0.717) is 0 Å². The van der Waals surface area contributed by atoms with E-state index in [4.69, 9.17) is 9.16 Å². The molecule has 0 atom stereocenters. The summed E-state index contributed by atoms with van der Waals surface area (Å²) in [5.41, 5.74) is 1.33. The van der Waals surface area contributed by atoms with E-state index in [1.165, 1.54) is 18.4 Å². The van der Waals surface area contributed by atoms with Crippen LogP contribution in [0, 0.1) is 0 Å². The summed E-state index contributed by atoms with van der Waals surface area (Å²) < 4.78 is 11.4. The molecule has 0 aliphatic rings. The lowest BCUT2D eigenvalue weighted by atomic mass is 10.1. The maximum atomic E-state index is 6.00. The lowest BCUT2D eigenvalue weighted by molar-refractivity contribution is 0.391. The molecule has 0 heterocycles. The highest BCUT2D eigenvalue weighted by atomic mass is 28.4. The molecule has 0 unspecified atom stereocenters.